The number of hydrogen-bond acceptors (Lipinski definition) is 5. The molecule has 0 radical (unpaired) electrons. The monoisotopic (exact) mass is 402 g/mol. The molecule has 0 amide bonds. The van der Waals surface area contributed by atoms with E-state index in [1.165, 1.54) is 11.3 Å². The predicted molar refractivity (Wildman–Crippen MR) is 110 cm³/mol. The summed E-state index contributed by atoms with van der Waals surface area (Å²) in [7, 11) is -2.07. The number of benzene rings is 2. The number of nitrogens with zero attached hydrogens (tertiary/aromatic N) is 1. The van der Waals surface area contributed by atoms with Crippen molar-refractivity contribution < 1.29 is 13.2 Å². The average molecular weight is 403 g/mol. The fourth-order valence-electron chi connectivity index (χ4n) is 2.52. The molecule has 5 nitrogen and oxygen atoms in total. The van der Waals surface area contributed by atoms with Crippen LogP contribution in [0.2, 0.25) is 0 Å². The van der Waals surface area contributed by atoms with Crippen molar-refractivity contribution in [3.05, 3.63) is 59.5 Å². The van der Waals surface area contributed by atoms with E-state index in [-0.39, 0.29) is 10.3 Å². The van der Waals surface area contributed by atoms with E-state index in [0.717, 1.165) is 16.9 Å². The van der Waals surface area contributed by atoms with Crippen molar-refractivity contribution in [3.63, 3.8) is 0 Å². The molecule has 0 atom stereocenters. The molecule has 2 aromatic carbocycles. The molecule has 1 aromatic heterocycles. The highest BCUT2D eigenvalue weighted by Crippen LogP contribution is 2.28. The molecule has 0 fully saturated rings. The first kappa shape index (κ1) is 19.4. The zero-order valence-electron chi connectivity index (χ0n) is 15.7. The van der Waals surface area contributed by atoms with E-state index in [4.69, 9.17) is 4.74 Å². The Kier molecular flexibility index (Phi) is 5.26. The van der Waals surface area contributed by atoms with Gasteiger partial charge in [0.1, 0.15) is 5.75 Å². The first-order valence-corrected chi connectivity index (χ1v) is 10.8. The standard InChI is InChI=1S/C20H22N2O3S2/c1-20(2,3)15-7-11-17(12-8-15)27(23,24)22-19-21-18(13-26-19)14-5-9-16(25-4)10-6-14/h5-13H,1-4H3,(H,21,22). The molecule has 0 aliphatic heterocycles. The lowest BCUT2D eigenvalue weighted by atomic mass is 9.87. The molecule has 0 aliphatic carbocycles. The Morgan fingerprint density at radius 2 is 1.63 bits per heavy atom. The lowest BCUT2D eigenvalue weighted by molar-refractivity contribution is 0.415. The van der Waals surface area contributed by atoms with Crippen LogP contribution in [0, 0.1) is 0 Å². The van der Waals surface area contributed by atoms with Crippen LogP contribution in [-0.4, -0.2) is 20.5 Å². The molecule has 27 heavy (non-hydrogen) atoms. The largest absolute Gasteiger partial charge is 0.497 e. The topological polar surface area (TPSA) is 68.3 Å². The number of nitrogens with one attached hydrogen (secondary N) is 1. The van der Waals surface area contributed by atoms with Crippen LogP contribution < -0.4 is 9.46 Å². The van der Waals surface area contributed by atoms with Gasteiger partial charge in [-0.25, -0.2) is 13.4 Å². The maximum Gasteiger partial charge on any atom is 0.263 e. The SMILES string of the molecule is COc1ccc(-c2csc(NS(=O)(=O)c3ccc(C(C)(C)C)cc3)n2)cc1. The van der Waals surface area contributed by atoms with Gasteiger partial charge in [-0.15, -0.1) is 11.3 Å². The number of thiazole rings is 1. The predicted octanol–water partition coefficient (Wildman–Crippen LogP) is 4.92. The third kappa shape index (κ3) is 4.48. The highest BCUT2D eigenvalue weighted by atomic mass is 32.2. The van der Waals surface area contributed by atoms with Crippen LogP contribution in [0.5, 0.6) is 5.75 Å². The van der Waals surface area contributed by atoms with Crippen LogP contribution in [0.25, 0.3) is 11.3 Å². The third-order valence-electron chi connectivity index (χ3n) is 4.14. The molecule has 7 heteroatoms. The van der Waals surface area contributed by atoms with Crippen molar-refractivity contribution in [1.29, 1.82) is 0 Å². The maximum atomic E-state index is 12.6. The summed E-state index contributed by atoms with van der Waals surface area (Å²) in [5.74, 6) is 0.758. The van der Waals surface area contributed by atoms with E-state index in [1.54, 1.807) is 19.2 Å². The Bertz CT molecular complexity index is 1020. The summed E-state index contributed by atoms with van der Waals surface area (Å²) in [6.45, 7) is 6.26. The number of hydrogen-bond donors (Lipinski definition) is 1. The van der Waals surface area contributed by atoms with Crippen molar-refractivity contribution in [1.82, 2.24) is 4.98 Å². The Morgan fingerprint density at radius 1 is 1.00 bits per heavy atom. The van der Waals surface area contributed by atoms with Crippen LogP contribution in [0.4, 0.5) is 5.13 Å². The van der Waals surface area contributed by atoms with E-state index in [0.29, 0.717) is 10.8 Å². The molecule has 1 N–H and O–H groups in total. The van der Waals surface area contributed by atoms with Gasteiger partial charge >= 0.3 is 0 Å². The summed E-state index contributed by atoms with van der Waals surface area (Å²) in [4.78, 5) is 4.61. The first-order valence-electron chi connectivity index (χ1n) is 8.42. The molecule has 0 bridgehead atoms. The summed E-state index contributed by atoms with van der Waals surface area (Å²) >= 11 is 1.25. The molecule has 0 saturated carbocycles. The van der Waals surface area contributed by atoms with E-state index >= 15 is 0 Å². The third-order valence-corrected chi connectivity index (χ3v) is 6.38. The maximum absolute atomic E-state index is 12.6. The fourth-order valence-corrected chi connectivity index (χ4v) is 4.50. The van der Waals surface area contributed by atoms with Crippen LogP contribution in [0.15, 0.2) is 58.8 Å². The van der Waals surface area contributed by atoms with Crippen LogP contribution in [0.3, 0.4) is 0 Å². The Labute approximate surface area is 164 Å². The minimum atomic E-state index is -3.68. The van der Waals surface area contributed by atoms with Crippen molar-refractivity contribution in [2.24, 2.45) is 0 Å². The second-order valence-electron chi connectivity index (χ2n) is 7.15. The second-order valence-corrected chi connectivity index (χ2v) is 9.69. The molecule has 0 aliphatic rings. The Balaban J connectivity index is 1.79. The minimum Gasteiger partial charge on any atom is -0.497 e. The number of rotatable bonds is 5. The van der Waals surface area contributed by atoms with E-state index < -0.39 is 10.0 Å². The van der Waals surface area contributed by atoms with Gasteiger partial charge in [0.15, 0.2) is 5.13 Å². The summed E-state index contributed by atoms with van der Waals surface area (Å²) in [6.07, 6.45) is 0. The van der Waals surface area contributed by atoms with Gasteiger partial charge in [-0.05, 0) is 47.4 Å². The van der Waals surface area contributed by atoms with Crippen LogP contribution >= 0.6 is 11.3 Å². The van der Waals surface area contributed by atoms with Gasteiger partial charge in [0.2, 0.25) is 0 Å². The van der Waals surface area contributed by atoms with Gasteiger partial charge < -0.3 is 4.74 Å². The molecule has 3 rings (SSSR count). The lowest BCUT2D eigenvalue weighted by Gasteiger charge is -2.19. The van der Waals surface area contributed by atoms with Gasteiger partial charge in [-0.1, -0.05) is 32.9 Å². The van der Waals surface area contributed by atoms with E-state index in [9.17, 15) is 8.42 Å². The highest BCUT2D eigenvalue weighted by Gasteiger charge is 2.19. The minimum absolute atomic E-state index is 0.0295. The normalized spacial score (nSPS) is 12.0. The summed E-state index contributed by atoms with van der Waals surface area (Å²) in [5.41, 5.74) is 2.66. The number of methoxy groups -OCH3 is 1. The van der Waals surface area contributed by atoms with E-state index in [1.807, 2.05) is 41.8 Å². The Hall–Kier alpha value is -2.38. The van der Waals surface area contributed by atoms with Crippen LogP contribution in [-0.2, 0) is 15.4 Å². The molecule has 3 aromatic rings. The number of aromatic nitrogens is 1. The number of ether oxygens (including phenoxy) is 1. The molecule has 142 valence electrons. The smallest absolute Gasteiger partial charge is 0.263 e. The molecular formula is C20H22N2O3S2. The van der Waals surface area contributed by atoms with Gasteiger partial charge in [0, 0.05) is 10.9 Å². The van der Waals surface area contributed by atoms with Crippen LogP contribution in [0.1, 0.15) is 26.3 Å². The number of anilines is 1. The zero-order chi connectivity index (χ0) is 19.7. The fraction of sp³-hybridized carbons (Fsp3) is 0.250. The zero-order valence-corrected chi connectivity index (χ0v) is 17.3. The first-order chi connectivity index (χ1) is 12.7. The second kappa shape index (κ2) is 7.32. The van der Waals surface area contributed by atoms with Gasteiger partial charge in [0.25, 0.3) is 10.0 Å². The quantitative estimate of drug-likeness (QED) is 0.658. The molecule has 1 heterocycles. The van der Waals surface area contributed by atoms with Gasteiger partial charge in [0.05, 0.1) is 17.7 Å². The lowest BCUT2D eigenvalue weighted by Crippen LogP contribution is -2.14. The van der Waals surface area contributed by atoms with Gasteiger partial charge in [-0.3, -0.25) is 4.72 Å². The molecular weight excluding hydrogens is 380 g/mol. The number of sulfonamides is 1. The summed E-state index contributed by atoms with van der Waals surface area (Å²) < 4.78 is 33.0. The van der Waals surface area contributed by atoms with Crippen molar-refractivity contribution >= 4 is 26.5 Å². The van der Waals surface area contributed by atoms with E-state index in [2.05, 4.69) is 30.5 Å². The summed E-state index contributed by atoms with van der Waals surface area (Å²) in [6, 6.07) is 14.4. The van der Waals surface area contributed by atoms with Crippen molar-refractivity contribution in [2.75, 3.05) is 11.8 Å². The summed E-state index contributed by atoms with van der Waals surface area (Å²) in [5, 5.41) is 2.16. The van der Waals surface area contributed by atoms with Crippen molar-refractivity contribution in [2.45, 2.75) is 31.1 Å². The van der Waals surface area contributed by atoms with Gasteiger partial charge in [-0.2, -0.15) is 0 Å². The molecule has 0 saturated heterocycles. The Morgan fingerprint density at radius 3 is 2.19 bits per heavy atom. The molecule has 0 spiro atoms. The average Bonchev–Trinajstić information content (AvgIpc) is 3.09. The molecule has 0 unspecified atom stereocenters. The van der Waals surface area contributed by atoms with Crippen molar-refractivity contribution in [3.8, 4) is 17.0 Å². The highest BCUT2D eigenvalue weighted by molar-refractivity contribution is 7.93.